The molecule has 152 valence electrons. The number of benzene rings is 1. The molecule has 0 bridgehead atoms. The first-order chi connectivity index (χ1) is 13.5. The molecule has 1 aliphatic rings. The summed E-state index contributed by atoms with van der Waals surface area (Å²) in [7, 11) is -3.91. The highest BCUT2D eigenvalue weighted by molar-refractivity contribution is 7.89. The average Bonchev–Trinajstić information content (AvgIpc) is 2.98. The Hall–Kier alpha value is -2.79. The molecule has 2 atom stereocenters. The molecule has 2 aromatic heterocycles. The second kappa shape index (κ2) is 6.36. The number of pyridine rings is 1. The van der Waals surface area contributed by atoms with Crippen molar-refractivity contribution >= 4 is 10.0 Å². The maximum Gasteiger partial charge on any atom is 0.264 e. The molecule has 1 saturated carbocycles. The molecule has 4 rings (SSSR count). The molecule has 1 aliphatic carbocycles. The minimum Gasteiger partial charge on any atom is -0.334 e. The molecule has 2 heterocycles. The standard InChI is InChI=1S/C18H15F3N4O3S/c1-18(2)13(8-3-6-11(23-7-8)29(22,26)27)14(18)16-24-17(28-25-16)12-9(19)4-5-10(20)15(12)21/h3-7,13-14H,1-2H3,(H2,22,26,27). The average molecular weight is 424 g/mol. The molecule has 29 heavy (non-hydrogen) atoms. The lowest BCUT2D eigenvalue weighted by atomic mass is 10.1. The lowest BCUT2D eigenvalue weighted by molar-refractivity contribution is 0.411. The summed E-state index contributed by atoms with van der Waals surface area (Å²) in [4.78, 5) is 7.95. The fourth-order valence-electron chi connectivity index (χ4n) is 3.67. The van der Waals surface area contributed by atoms with Crippen LogP contribution in [0.25, 0.3) is 11.5 Å². The van der Waals surface area contributed by atoms with Crippen molar-refractivity contribution in [3.63, 3.8) is 0 Å². The van der Waals surface area contributed by atoms with Gasteiger partial charge in [0.15, 0.2) is 22.5 Å². The monoisotopic (exact) mass is 424 g/mol. The van der Waals surface area contributed by atoms with Gasteiger partial charge < -0.3 is 4.52 Å². The van der Waals surface area contributed by atoms with E-state index < -0.39 is 38.9 Å². The molecule has 0 spiro atoms. The lowest BCUT2D eigenvalue weighted by Gasteiger charge is -2.03. The first kappa shape index (κ1) is 19.5. The zero-order valence-electron chi connectivity index (χ0n) is 15.2. The van der Waals surface area contributed by atoms with E-state index in [0.717, 1.165) is 11.6 Å². The molecule has 1 fully saturated rings. The smallest absolute Gasteiger partial charge is 0.264 e. The van der Waals surface area contributed by atoms with Crippen molar-refractivity contribution in [1.82, 2.24) is 15.1 Å². The van der Waals surface area contributed by atoms with Crippen molar-refractivity contribution in [1.29, 1.82) is 0 Å². The van der Waals surface area contributed by atoms with Crippen LogP contribution >= 0.6 is 0 Å². The summed E-state index contributed by atoms with van der Waals surface area (Å²) in [5, 5.41) is 8.61. The van der Waals surface area contributed by atoms with E-state index in [1.807, 2.05) is 13.8 Å². The van der Waals surface area contributed by atoms with Gasteiger partial charge >= 0.3 is 0 Å². The summed E-state index contributed by atoms with van der Waals surface area (Å²) in [6.45, 7) is 3.85. The van der Waals surface area contributed by atoms with E-state index in [-0.39, 0.29) is 28.1 Å². The fraction of sp³-hybridized carbons (Fsp3) is 0.278. The first-order valence-corrected chi connectivity index (χ1v) is 10.0. The molecule has 1 aromatic carbocycles. The predicted molar refractivity (Wildman–Crippen MR) is 94.5 cm³/mol. The van der Waals surface area contributed by atoms with Crippen LogP contribution in [0.4, 0.5) is 13.2 Å². The summed E-state index contributed by atoms with van der Waals surface area (Å²) in [6, 6.07) is 4.34. The van der Waals surface area contributed by atoms with Gasteiger partial charge in [-0.3, -0.25) is 0 Å². The molecular weight excluding hydrogens is 409 g/mol. The molecule has 0 aliphatic heterocycles. The number of aromatic nitrogens is 3. The second-order valence-corrected chi connectivity index (χ2v) is 8.94. The molecule has 11 heteroatoms. The lowest BCUT2D eigenvalue weighted by Crippen LogP contribution is -2.13. The van der Waals surface area contributed by atoms with Crippen molar-refractivity contribution in [3.8, 4) is 11.5 Å². The van der Waals surface area contributed by atoms with Crippen LogP contribution in [0.1, 0.15) is 37.1 Å². The highest BCUT2D eigenvalue weighted by Gasteiger charge is 2.61. The van der Waals surface area contributed by atoms with Crippen LogP contribution in [0, 0.1) is 22.9 Å². The van der Waals surface area contributed by atoms with Crippen LogP contribution in [0.3, 0.4) is 0 Å². The summed E-state index contributed by atoms with van der Waals surface area (Å²) >= 11 is 0. The topological polar surface area (TPSA) is 112 Å². The number of sulfonamides is 1. The molecular formula is C18H15F3N4O3S. The van der Waals surface area contributed by atoms with Crippen LogP contribution in [-0.2, 0) is 10.0 Å². The fourth-order valence-corrected chi connectivity index (χ4v) is 4.13. The number of nitrogens with two attached hydrogens (primary N) is 1. The SMILES string of the molecule is CC1(C)C(c2ccc(S(N)(=O)=O)nc2)C1c1noc(-c2c(F)ccc(F)c2F)n1. The van der Waals surface area contributed by atoms with Gasteiger partial charge in [0.05, 0.1) is 0 Å². The van der Waals surface area contributed by atoms with Crippen LogP contribution < -0.4 is 5.14 Å². The summed E-state index contributed by atoms with van der Waals surface area (Å²) in [6.07, 6.45) is 1.40. The number of hydrogen-bond donors (Lipinski definition) is 1. The highest BCUT2D eigenvalue weighted by atomic mass is 32.2. The third-order valence-corrected chi connectivity index (χ3v) is 6.04. The summed E-state index contributed by atoms with van der Waals surface area (Å²) in [5.74, 6) is -4.33. The third-order valence-electron chi connectivity index (χ3n) is 5.21. The highest BCUT2D eigenvalue weighted by Crippen LogP contribution is 2.69. The molecule has 2 N–H and O–H groups in total. The van der Waals surface area contributed by atoms with E-state index in [4.69, 9.17) is 9.66 Å². The Morgan fingerprint density at radius 2 is 1.76 bits per heavy atom. The molecule has 2 unspecified atom stereocenters. The Morgan fingerprint density at radius 1 is 1.07 bits per heavy atom. The molecule has 0 radical (unpaired) electrons. The summed E-state index contributed by atoms with van der Waals surface area (Å²) < 4.78 is 69.1. The maximum absolute atomic E-state index is 14.0. The number of primary sulfonamides is 1. The predicted octanol–water partition coefficient (Wildman–Crippen LogP) is 3.10. The van der Waals surface area contributed by atoms with E-state index in [2.05, 4.69) is 15.1 Å². The van der Waals surface area contributed by atoms with Crippen LogP contribution in [0.15, 0.2) is 40.0 Å². The maximum atomic E-state index is 14.0. The first-order valence-electron chi connectivity index (χ1n) is 8.48. The van der Waals surface area contributed by atoms with Gasteiger partial charge in [0.2, 0.25) is 0 Å². The largest absolute Gasteiger partial charge is 0.334 e. The Kier molecular flexibility index (Phi) is 4.28. The van der Waals surface area contributed by atoms with E-state index >= 15 is 0 Å². The van der Waals surface area contributed by atoms with Crippen molar-refractivity contribution in [2.75, 3.05) is 0 Å². The molecule has 7 nitrogen and oxygen atoms in total. The van der Waals surface area contributed by atoms with Crippen LogP contribution in [0.5, 0.6) is 0 Å². The van der Waals surface area contributed by atoms with Gasteiger partial charge in [-0.15, -0.1) is 0 Å². The van der Waals surface area contributed by atoms with Gasteiger partial charge in [-0.05, 0) is 29.2 Å². The van der Waals surface area contributed by atoms with Crippen LogP contribution in [0.2, 0.25) is 0 Å². The van der Waals surface area contributed by atoms with Gasteiger partial charge in [0.1, 0.15) is 11.4 Å². The third kappa shape index (κ3) is 3.19. The molecule has 3 aromatic rings. The van der Waals surface area contributed by atoms with E-state index in [9.17, 15) is 21.6 Å². The van der Waals surface area contributed by atoms with Crippen LogP contribution in [-0.4, -0.2) is 23.5 Å². The van der Waals surface area contributed by atoms with Gasteiger partial charge in [-0.2, -0.15) is 4.98 Å². The van der Waals surface area contributed by atoms with Crippen molar-refractivity contribution < 1.29 is 26.1 Å². The van der Waals surface area contributed by atoms with Gasteiger partial charge in [-0.1, -0.05) is 25.1 Å². The Morgan fingerprint density at radius 3 is 2.38 bits per heavy atom. The minimum absolute atomic E-state index is 0.141. The van der Waals surface area contributed by atoms with Gasteiger partial charge in [0.25, 0.3) is 15.9 Å². The number of halogens is 3. The number of hydrogen-bond acceptors (Lipinski definition) is 6. The number of rotatable bonds is 4. The normalized spacial score (nSPS) is 20.6. The summed E-state index contributed by atoms with van der Waals surface area (Å²) in [5.41, 5.74) is -0.356. The van der Waals surface area contributed by atoms with Crippen molar-refractivity contribution in [2.24, 2.45) is 10.6 Å². The Bertz CT molecular complexity index is 1210. The number of nitrogens with zero attached hydrogens (tertiary/aromatic N) is 3. The van der Waals surface area contributed by atoms with Gasteiger partial charge in [0, 0.05) is 18.0 Å². The molecule has 0 amide bonds. The van der Waals surface area contributed by atoms with E-state index in [0.29, 0.717) is 6.07 Å². The van der Waals surface area contributed by atoms with E-state index in [1.54, 1.807) is 6.07 Å². The van der Waals surface area contributed by atoms with Crippen molar-refractivity contribution in [3.05, 3.63) is 59.3 Å². The Balaban J connectivity index is 1.66. The quantitative estimate of drug-likeness (QED) is 0.644. The van der Waals surface area contributed by atoms with Gasteiger partial charge in [-0.25, -0.2) is 31.7 Å². The minimum atomic E-state index is -3.91. The van der Waals surface area contributed by atoms with Crippen molar-refractivity contribution in [2.45, 2.75) is 30.7 Å². The molecule has 0 saturated heterocycles. The van der Waals surface area contributed by atoms with E-state index in [1.165, 1.54) is 12.3 Å². The Labute approximate surface area is 163 Å². The second-order valence-electron chi connectivity index (χ2n) is 7.43. The zero-order chi connectivity index (χ0) is 21.1. The zero-order valence-corrected chi connectivity index (χ0v) is 16.0.